The molecule has 0 saturated carbocycles. The molecular formula is C15H16N2O4S2. The van der Waals surface area contributed by atoms with Crippen molar-refractivity contribution in [1.29, 1.82) is 0 Å². The highest BCUT2D eigenvalue weighted by Crippen LogP contribution is 2.31. The van der Waals surface area contributed by atoms with Crippen molar-refractivity contribution < 1.29 is 19.1 Å². The van der Waals surface area contributed by atoms with Gasteiger partial charge in [-0.3, -0.25) is 9.59 Å². The molecule has 6 nitrogen and oxygen atoms in total. The lowest BCUT2D eigenvalue weighted by Crippen LogP contribution is -2.28. The van der Waals surface area contributed by atoms with Gasteiger partial charge < -0.3 is 20.1 Å². The van der Waals surface area contributed by atoms with E-state index in [0.29, 0.717) is 27.3 Å². The number of carbonyl (C=O) groups excluding carboxylic acids is 2. The summed E-state index contributed by atoms with van der Waals surface area (Å²) in [7, 11) is 1.51. The number of methoxy groups -OCH3 is 1. The molecule has 1 aliphatic rings. The van der Waals surface area contributed by atoms with E-state index >= 15 is 0 Å². The maximum absolute atomic E-state index is 11.7. The number of ether oxygens (including phenoxy) is 2. The van der Waals surface area contributed by atoms with Gasteiger partial charge in [-0.2, -0.15) is 0 Å². The van der Waals surface area contributed by atoms with Crippen LogP contribution in [0.5, 0.6) is 11.5 Å². The number of nitrogens with one attached hydrogen (secondary N) is 2. The minimum absolute atomic E-state index is 0.0861. The van der Waals surface area contributed by atoms with E-state index in [-0.39, 0.29) is 18.4 Å². The molecule has 0 spiro atoms. The van der Waals surface area contributed by atoms with Crippen LogP contribution in [-0.4, -0.2) is 36.4 Å². The van der Waals surface area contributed by atoms with Crippen molar-refractivity contribution in [1.82, 2.24) is 10.6 Å². The lowest BCUT2D eigenvalue weighted by atomic mass is 10.2. The van der Waals surface area contributed by atoms with Gasteiger partial charge in [-0.05, 0) is 30.7 Å². The molecule has 1 heterocycles. The Morgan fingerprint density at radius 2 is 2.22 bits per heavy atom. The standard InChI is InChI=1S/C15H16N2O4S2/c1-3-16-13(18)8-21-10-5-4-9(6-11(10)20-2)7-12-14(19)17-15(22)23-12/h4-7H,3,8H2,1-2H3,(H,16,18)(H,17,19,22)/b12-7+. The van der Waals surface area contributed by atoms with Gasteiger partial charge in [-0.1, -0.05) is 30.0 Å². The van der Waals surface area contributed by atoms with E-state index in [0.717, 1.165) is 5.56 Å². The molecule has 23 heavy (non-hydrogen) atoms. The first-order chi connectivity index (χ1) is 11.0. The highest BCUT2D eigenvalue weighted by molar-refractivity contribution is 8.26. The van der Waals surface area contributed by atoms with Crippen LogP contribution in [0.25, 0.3) is 6.08 Å². The van der Waals surface area contributed by atoms with Gasteiger partial charge in [0.15, 0.2) is 18.1 Å². The minimum Gasteiger partial charge on any atom is -0.493 e. The van der Waals surface area contributed by atoms with E-state index in [9.17, 15) is 9.59 Å². The molecular weight excluding hydrogens is 336 g/mol. The van der Waals surface area contributed by atoms with Gasteiger partial charge >= 0.3 is 0 Å². The minimum atomic E-state index is -0.212. The predicted octanol–water partition coefficient (Wildman–Crippen LogP) is 1.70. The number of thiocarbonyl (C=S) groups is 1. The Bertz CT molecular complexity index is 673. The third-order valence-electron chi connectivity index (χ3n) is 2.86. The first-order valence-electron chi connectivity index (χ1n) is 6.86. The van der Waals surface area contributed by atoms with Crippen LogP contribution in [-0.2, 0) is 9.59 Å². The number of rotatable bonds is 6. The van der Waals surface area contributed by atoms with Gasteiger partial charge in [0.05, 0.1) is 12.0 Å². The Hall–Kier alpha value is -2.06. The van der Waals surface area contributed by atoms with Gasteiger partial charge in [0, 0.05) is 6.54 Å². The van der Waals surface area contributed by atoms with Crippen LogP contribution < -0.4 is 20.1 Å². The third-order valence-corrected chi connectivity index (χ3v) is 4.02. The van der Waals surface area contributed by atoms with Crippen molar-refractivity contribution in [3.63, 3.8) is 0 Å². The summed E-state index contributed by atoms with van der Waals surface area (Å²) in [6.45, 7) is 2.30. The molecule has 0 radical (unpaired) electrons. The molecule has 1 aromatic carbocycles. The van der Waals surface area contributed by atoms with E-state index in [1.54, 1.807) is 24.3 Å². The number of thioether (sulfide) groups is 1. The van der Waals surface area contributed by atoms with Crippen LogP contribution in [0.15, 0.2) is 23.1 Å². The normalized spacial score (nSPS) is 15.5. The summed E-state index contributed by atoms with van der Waals surface area (Å²) in [5.41, 5.74) is 0.773. The van der Waals surface area contributed by atoms with Gasteiger partial charge in [0.25, 0.3) is 11.8 Å². The zero-order valence-corrected chi connectivity index (χ0v) is 14.3. The molecule has 0 unspecified atom stereocenters. The van der Waals surface area contributed by atoms with E-state index in [1.165, 1.54) is 18.9 Å². The summed E-state index contributed by atoms with van der Waals surface area (Å²) in [5.74, 6) is 0.526. The van der Waals surface area contributed by atoms with E-state index in [4.69, 9.17) is 21.7 Å². The van der Waals surface area contributed by atoms with Gasteiger partial charge in [-0.25, -0.2) is 0 Å². The van der Waals surface area contributed by atoms with Crippen molar-refractivity contribution in [2.75, 3.05) is 20.3 Å². The zero-order chi connectivity index (χ0) is 16.8. The van der Waals surface area contributed by atoms with Crippen LogP contribution in [0, 0.1) is 0 Å². The fraction of sp³-hybridized carbons (Fsp3) is 0.267. The van der Waals surface area contributed by atoms with E-state index < -0.39 is 0 Å². The lowest BCUT2D eigenvalue weighted by molar-refractivity contribution is -0.123. The first-order valence-corrected chi connectivity index (χ1v) is 8.08. The second-order valence-corrected chi connectivity index (χ2v) is 6.22. The average Bonchev–Trinajstić information content (AvgIpc) is 2.83. The highest BCUT2D eigenvalue weighted by Gasteiger charge is 2.22. The molecule has 2 N–H and O–H groups in total. The van der Waals surface area contributed by atoms with E-state index in [2.05, 4.69) is 10.6 Å². The Balaban J connectivity index is 2.13. The first kappa shape index (κ1) is 17.3. The number of amides is 2. The fourth-order valence-electron chi connectivity index (χ4n) is 1.86. The molecule has 1 saturated heterocycles. The second-order valence-electron chi connectivity index (χ2n) is 4.50. The van der Waals surface area contributed by atoms with Gasteiger partial charge in [0.1, 0.15) is 4.32 Å². The number of hydrogen-bond donors (Lipinski definition) is 2. The maximum Gasteiger partial charge on any atom is 0.263 e. The summed E-state index contributed by atoms with van der Waals surface area (Å²) in [5, 5.41) is 5.21. The maximum atomic E-state index is 11.7. The largest absolute Gasteiger partial charge is 0.493 e. The number of carbonyl (C=O) groups is 2. The third kappa shape index (κ3) is 4.70. The molecule has 1 aliphatic heterocycles. The molecule has 0 aromatic heterocycles. The van der Waals surface area contributed by atoms with Crippen molar-refractivity contribution in [2.45, 2.75) is 6.92 Å². The quantitative estimate of drug-likeness (QED) is 0.599. The Morgan fingerprint density at radius 3 is 2.83 bits per heavy atom. The van der Waals surface area contributed by atoms with E-state index in [1.807, 2.05) is 6.92 Å². The van der Waals surface area contributed by atoms with Crippen LogP contribution in [0.4, 0.5) is 0 Å². The molecule has 0 bridgehead atoms. The topological polar surface area (TPSA) is 76.7 Å². The van der Waals surface area contributed by atoms with Crippen molar-refractivity contribution in [3.05, 3.63) is 28.7 Å². The number of benzene rings is 1. The molecule has 2 rings (SSSR count). The Kier molecular flexibility index (Phi) is 6.00. The summed E-state index contributed by atoms with van der Waals surface area (Å²) in [4.78, 5) is 23.6. The Labute approximate surface area is 143 Å². The van der Waals surface area contributed by atoms with Gasteiger partial charge in [-0.15, -0.1) is 0 Å². The monoisotopic (exact) mass is 352 g/mol. The zero-order valence-electron chi connectivity index (χ0n) is 12.7. The smallest absolute Gasteiger partial charge is 0.263 e. The molecule has 122 valence electrons. The molecule has 0 aliphatic carbocycles. The summed E-state index contributed by atoms with van der Waals surface area (Å²) < 4.78 is 11.2. The van der Waals surface area contributed by atoms with Crippen molar-refractivity contribution in [3.8, 4) is 11.5 Å². The van der Waals surface area contributed by atoms with Crippen LogP contribution in [0.2, 0.25) is 0 Å². The summed E-state index contributed by atoms with van der Waals surface area (Å²) in [6, 6.07) is 5.20. The summed E-state index contributed by atoms with van der Waals surface area (Å²) >= 11 is 6.16. The molecule has 8 heteroatoms. The molecule has 1 fully saturated rings. The van der Waals surface area contributed by atoms with Crippen LogP contribution in [0.3, 0.4) is 0 Å². The molecule has 0 atom stereocenters. The van der Waals surface area contributed by atoms with Gasteiger partial charge in [0.2, 0.25) is 0 Å². The predicted molar refractivity (Wildman–Crippen MR) is 93.5 cm³/mol. The van der Waals surface area contributed by atoms with Crippen molar-refractivity contribution in [2.24, 2.45) is 0 Å². The number of likely N-dealkylation sites (N-methyl/N-ethyl adjacent to an activating group) is 1. The SMILES string of the molecule is CCNC(=O)COc1ccc(/C=C2/SC(=S)NC2=O)cc1OC. The summed E-state index contributed by atoms with van der Waals surface area (Å²) in [6.07, 6.45) is 1.72. The molecule has 1 aromatic rings. The fourth-order valence-corrected chi connectivity index (χ4v) is 2.90. The Morgan fingerprint density at radius 1 is 1.43 bits per heavy atom. The second kappa shape index (κ2) is 7.98. The van der Waals surface area contributed by atoms with Crippen LogP contribution in [0.1, 0.15) is 12.5 Å². The average molecular weight is 352 g/mol. The lowest BCUT2D eigenvalue weighted by Gasteiger charge is -2.11. The van der Waals surface area contributed by atoms with Crippen LogP contribution >= 0.6 is 24.0 Å². The highest BCUT2D eigenvalue weighted by atomic mass is 32.2. The van der Waals surface area contributed by atoms with Crippen molar-refractivity contribution >= 4 is 46.2 Å². The number of hydrogen-bond acceptors (Lipinski definition) is 6. The molecule has 2 amide bonds.